The van der Waals surface area contributed by atoms with Gasteiger partial charge in [-0.2, -0.15) is 14.9 Å². The Morgan fingerprint density at radius 1 is 0.880 bits per heavy atom. The second kappa shape index (κ2) is 5.70. The molecule has 0 unspecified atom stereocenters. The van der Waals surface area contributed by atoms with E-state index in [1.807, 2.05) is 56.3 Å². The zero-order valence-corrected chi connectivity index (χ0v) is 14.4. The topological polar surface area (TPSA) is 52.7 Å². The summed E-state index contributed by atoms with van der Waals surface area (Å²) < 4.78 is 3.18. The molecule has 0 saturated heterocycles. The Balaban J connectivity index is 2.08. The van der Waals surface area contributed by atoms with E-state index in [1.54, 1.807) is 10.9 Å². The predicted molar refractivity (Wildman–Crippen MR) is 98.7 cm³/mol. The van der Waals surface area contributed by atoms with Crippen LogP contribution in [-0.2, 0) is 0 Å². The summed E-state index contributed by atoms with van der Waals surface area (Å²) in [5, 5.41) is 9.73. The van der Waals surface area contributed by atoms with Gasteiger partial charge in [0.1, 0.15) is 5.52 Å². The molecule has 2 aromatic heterocycles. The highest BCUT2D eigenvalue weighted by atomic mass is 16.1. The number of hydrogen-bond acceptors (Lipinski definition) is 3. The zero-order valence-electron chi connectivity index (χ0n) is 14.4. The normalized spacial score (nSPS) is 11.2. The average molecular weight is 330 g/mol. The molecule has 0 radical (unpaired) electrons. The molecular formula is C20H18N4O. The second-order valence-corrected chi connectivity index (χ2v) is 6.18. The fourth-order valence-corrected chi connectivity index (χ4v) is 3.06. The highest BCUT2D eigenvalue weighted by molar-refractivity contribution is 5.81. The molecule has 0 aliphatic heterocycles. The first-order valence-corrected chi connectivity index (χ1v) is 8.17. The number of aryl methyl sites for hydroxylation is 2. The van der Waals surface area contributed by atoms with Gasteiger partial charge in [-0.1, -0.05) is 30.3 Å². The second-order valence-electron chi connectivity index (χ2n) is 6.18. The third-order valence-electron chi connectivity index (χ3n) is 4.61. The summed E-state index contributed by atoms with van der Waals surface area (Å²) in [7, 11) is 0. The first kappa shape index (κ1) is 15.3. The molecule has 0 N–H and O–H groups in total. The van der Waals surface area contributed by atoms with Crippen LogP contribution < -0.4 is 5.56 Å². The first-order chi connectivity index (χ1) is 12.1. The molecule has 4 rings (SSSR count). The molecule has 5 nitrogen and oxygen atoms in total. The maximum Gasteiger partial charge on any atom is 0.298 e. The van der Waals surface area contributed by atoms with Gasteiger partial charge in [-0.25, -0.2) is 4.68 Å². The van der Waals surface area contributed by atoms with E-state index < -0.39 is 0 Å². The summed E-state index contributed by atoms with van der Waals surface area (Å²) in [5.74, 6) is 0. The van der Waals surface area contributed by atoms with Crippen LogP contribution in [-0.4, -0.2) is 19.6 Å². The van der Waals surface area contributed by atoms with E-state index in [9.17, 15) is 4.79 Å². The Morgan fingerprint density at radius 3 is 2.40 bits per heavy atom. The number of benzene rings is 2. The number of rotatable bonds is 2. The third kappa shape index (κ3) is 2.36. The van der Waals surface area contributed by atoms with Crippen LogP contribution in [0.4, 0.5) is 0 Å². The molecule has 0 aliphatic rings. The van der Waals surface area contributed by atoms with Crippen LogP contribution in [0.25, 0.3) is 22.3 Å². The van der Waals surface area contributed by atoms with Crippen LogP contribution >= 0.6 is 0 Å². The molecule has 0 spiro atoms. The van der Waals surface area contributed by atoms with Crippen molar-refractivity contribution in [1.82, 2.24) is 19.6 Å². The van der Waals surface area contributed by atoms with E-state index in [-0.39, 0.29) is 5.56 Å². The van der Waals surface area contributed by atoms with Gasteiger partial charge in [-0.05, 0) is 50.1 Å². The van der Waals surface area contributed by atoms with E-state index in [0.29, 0.717) is 5.52 Å². The van der Waals surface area contributed by atoms with Gasteiger partial charge in [0, 0.05) is 5.39 Å². The number of fused-ring (bicyclic) bond motifs is 1. The minimum Gasteiger partial charge on any atom is -0.265 e. The lowest BCUT2D eigenvalue weighted by Crippen LogP contribution is -2.24. The molecule has 4 aromatic rings. The largest absolute Gasteiger partial charge is 0.298 e. The molecule has 25 heavy (non-hydrogen) atoms. The maximum absolute atomic E-state index is 13.2. The van der Waals surface area contributed by atoms with Gasteiger partial charge in [0.25, 0.3) is 5.56 Å². The Morgan fingerprint density at radius 2 is 1.64 bits per heavy atom. The summed E-state index contributed by atoms with van der Waals surface area (Å²) in [6, 6.07) is 15.5. The predicted octanol–water partition coefficient (Wildman–Crippen LogP) is 3.50. The third-order valence-corrected chi connectivity index (χ3v) is 4.61. The van der Waals surface area contributed by atoms with E-state index in [1.165, 1.54) is 4.68 Å². The van der Waals surface area contributed by atoms with Crippen LogP contribution in [0.5, 0.6) is 0 Å². The Kier molecular flexibility index (Phi) is 3.50. The lowest BCUT2D eigenvalue weighted by Gasteiger charge is -2.11. The lowest BCUT2D eigenvalue weighted by molar-refractivity contribution is 0.790. The number of aromatic nitrogens is 4. The van der Waals surface area contributed by atoms with Crippen LogP contribution in [0.15, 0.2) is 59.5 Å². The summed E-state index contributed by atoms with van der Waals surface area (Å²) in [4.78, 5) is 13.2. The molecule has 124 valence electrons. The average Bonchev–Trinajstić information content (AvgIpc) is 3.07. The van der Waals surface area contributed by atoms with Crippen LogP contribution in [0, 0.1) is 20.8 Å². The van der Waals surface area contributed by atoms with Crippen molar-refractivity contribution in [2.24, 2.45) is 0 Å². The molecule has 0 bridgehead atoms. The number of hydrogen-bond donors (Lipinski definition) is 0. The van der Waals surface area contributed by atoms with Gasteiger partial charge in [-0.3, -0.25) is 4.79 Å². The van der Waals surface area contributed by atoms with E-state index in [0.717, 1.165) is 33.6 Å². The fraction of sp³-hybridized carbons (Fsp3) is 0.150. The molecular weight excluding hydrogens is 312 g/mol. The monoisotopic (exact) mass is 330 g/mol. The minimum absolute atomic E-state index is 0.176. The highest BCUT2D eigenvalue weighted by Crippen LogP contribution is 2.22. The molecule has 0 amide bonds. The van der Waals surface area contributed by atoms with E-state index in [4.69, 9.17) is 0 Å². The molecule has 0 fully saturated rings. The summed E-state index contributed by atoms with van der Waals surface area (Å²) in [5.41, 5.74) is 5.07. The number of para-hydroxylation sites is 1. The lowest BCUT2D eigenvalue weighted by atomic mass is 10.1. The van der Waals surface area contributed by atoms with Crippen molar-refractivity contribution < 1.29 is 0 Å². The molecule has 2 aromatic carbocycles. The standard InChI is InChI=1S/C20H18N4O/c1-13-8-7-11-18(14(13)2)24-19-17(12-21-24)15(3)22-23(20(19)25)16-9-5-4-6-10-16/h4-12H,1-3H3. The maximum atomic E-state index is 13.2. The van der Waals surface area contributed by atoms with Gasteiger partial charge >= 0.3 is 0 Å². The van der Waals surface area contributed by atoms with Crippen molar-refractivity contribution in [1.29, 1.82) is 0 Å². The van der Waals surface area contributed by atoms with Gasteiger partial charge in [0.05, 0.1) is 23.3 Å². The van der Waals surface area contributed by atoms with Crippen LogP contribution in [0.3, 0.4) is 0 Å². The Hall–Kier alpha value is -3.21. The van der Waals surface area contributed by atoms with E-state index in [2.05, 4.69) is 23.2 Å². The van der Waals surface area contributed by atoms with Crippen molar-refractivity contribution in [3.63, 3.8) is 0 Å². The quantitative estimate of drug-likeness (QED) is 0.565. The highest BCUT2D eigenvalue weighted by Gasteiger charge is 2.17. The van der Waals surface area contributed by atoms with Crippen LogP contribution in [0.2, 0.25) is 0 Å². The van der Waals surface area contributed by atoms with Gasteiger partial charge in [0.15, 0.2) is 0 Å². The van der Waals surface area contributed by atoms with Crippen molar-refractivity contribution in [3.05, 3.63) is 81.9 Å². The molecule has 0 aliphatic carbocycles. The number of nitrogens with zero attached hydrogens (tertiary/aromatic N) is 4. The summed E-state index contributed by atoms with van der Waals surface area (Å²) in [6.45, 7) is 6.00. The summed E-state index contributed by atoms with van der Waals surface area (Å²) in [6.07, 6.45) is 1.72. The summed E-state index contributed by atoms with van der Waals surface area (Å²) >= 11 is 0. The molecule has 2 heterocycles. The van der Waals surface area contributed by atoms with Crippen molar-refractivity contribution in [3.8, 4) is 11.4 Å². The Labute approximate surface area is 145 Å². The van der Waals surface area contributed by atoms with Crippen LogP contribution in [0.1, 0.15) is 16.8 Å². The molecule has 0 atom stereocenters. The van der Waals surface area contributed by atoms with Crippen molar-refractivity contribution >= 4 is 10.9 Å². The van der Waals surface area contributed by atoms with Gasteiger partial charge < -0.3 is 0 Å². The minimum atomic E-state index is -0.176. The fourth-order valence-electron chi connectivity index (χ4n) is 3.06. The SMILES string of the molecule is Cc1cccc(-n2ncc3c(C)nn(-c4ccccc4)c(=O)c32)c1C. The van der Waals surface area contributed by atoms with Gasteiger partial charge in [0.2, 0.25) is 0 Å². The van der Waals surface area contributed by atoms with E-state index >= 15 is 0 Å². The van der Waals surface area contributed by atoms with Gasteiger partial charge in [-0.15, -0.1) is 0 Å². The zero-order chi connectivity index (χ0) is 17.6. The smallest absolute Gasteiger partial charge is 0.265 e. The molecule has 5 heteroatoms. The Bertz CT molecular complexity index is 1140. The van der Waals surface area contributed by atoms with Crippen molar-refractivity contribution in [2.45, 2.75) is 20.8 Å². The van der Waals surface area contributed by atoms with Crippen molar-refractivity contribution in [2.75, 3.05) is 0 Å². The first-order valence-electron chi connectivity index (χ1n) is 8.17. The molecule has 0 saturated carbocycles.